The van der Waals surface area contributed by atoms with Crippen LogP contribution in [-0.2, 0) is 0 Å². The van der Waals surface area contributed by atoms with Gasteiger partial charge in [-0.2, -0.15) is 0 Å². The third-order valence-corrected chi connectivity index (χ3v) is 4.16. The fourth-order valence-electron chi connectivity index (χ4n) is 2.54. The van der Waals surface area contributed by atoms with Crippen molar-refractivity contribution in [2.45, 2.75) is 44.8 Å². The molecule has 0 aliphatic carbocycles. The lowest BCUT2D eigenvalue weighted by Gasteiger charge is -2.25. The number of rotatable bonds is 2. The van der Waals surface area contributed by atoms with Crippen LogP contribution >= 0.6 is 11.6 Å². The van der Waals surface area contributed by atoms with Crippen LogP contribution in [0.2, 0.25) is 5.02 Å². The third kappa shape index (κ3) is 3.62. The van der Waals surface area contributed by atoms with Crippen LogP contribution in [0.5, 0.6) is 0 Å². The Bertz CT molecular complexity index is 446. The summed E-state index contributed by atoms with van der Waals surface area (Å²) in [5.41, 5.74) is 1.25. The van der Waals surface area contributed by atoms with Crippen molar-refractivity contribution < 1.29 is 10.2 Å². The molecule has 1 unspecified atom stereocenters. The molecule has 2 rings (SSSR count). The Kier molecular flexibility index (Phi) is 4.39. The van der Waals surface area contributed by atoms with E-state index in [1.807, 2.05) is 25.1 Å². The molecule has 1 saturated heterocycles. The summed E-state index contributed by atoms with van der Waals surface area (Å²) >= 11 is 6.32. The monoisotopic (exact) mass is 283 g/mol. The van der Waals surface area contributed by atoms with E-state index < -0.39 is 11.7 Å². The van der Waals surface area contributed by atoms with E-state index in [1.165, 1.54) is 0 Å². The van der Waals surface area contributed by atoms with Gasteiger partial charge >= 0.3 is 0 Å². The fraction of sp³-hybridized carbons (Fsp3) is 0.600. The second-order valence-electron chi connectivity index (χ2n) is 5.72. The van der Waals surface area contributed by atoms with Gasteiger partial charge in [-0.3, -0.25) is 0 Å². The largest absolute Gasteiger partial charge is 0.390 e. The van der Waals surface area contributed by atoms with Gasteiger partial charge in [0.15, 0.2) is 0 Å². The van der Waals surface area contributed by atoms with Crippen molar-refractivity contribution in [3.63, 3.8) is 0 Å². The van der Waals surface area contributed by atoms with Crippen molar-refractivity contribution in [1.29, 1.82) is 0 Å². The third-order valence-electron chi connectivity index (χ3n) is 3.86. The fourth-order valence-corrected chi connectivity index (χ4v) is 2.85. The van der Waals surface area contributed by atoms with Crippen molar-refractivity contribution in [3.8, 4) is 0 Å². The van der Waals surface area contributed by atoms with E-state index in [0.717, 1.165) is 43.6 Å². The highest BCUT2D eigenvalue weighted by atomic mass is 35.5. The van der Waals surface area contributed by atoms with Crippen molar-refractivity contribution in [3.05, 3.63) is 28.8 Å². The van der Waals surface area contributed by atoms with E-state index in [-0.39, 0.29) is 0 Å². The lowest BCUT2D eigenvalue weighted by molar-refractivity contribution is 0.0481. The molecule has 1 aliphatic heterocycles. The van der Waals surface area contributed by atoms with Gasteiger partial charge in [0.1, 0.15) is 0 Å². The van der Waals surface area contributed by atoms with Crippen LogP contribution in [-0.4, -0.2) is 28.9 Å². The van der Waals surface area contributed by atoms with E-state index in [1.54, 1.807) is 6.92 Å². The predicted octanol–water partition coefficient (Wildman–Crippen LogP) is 3.13. The molecule has 0 radical (unpaired) electrons. The first-order chi connectivity index (χ1) is 8.89. The summed E-state index contributed by atoms with van der Waals surface area (Å²) in [4.78, 5) is 2.22. The summed E-state index contributed by atoms with van der Waals surface area (Å²) in [7, 11) is 0. The number of halogens is 1. The number of aliphatic hydroxyl groups excluding tert-OH is 1. The molecule has 0 amide bonds. The maximum Gasteiger partial charge on any atom is 0.0762 e. The molecule has 4 heteroatoms. The van der Waals surface area contributed by atoms with E-state index in [9.17, 15) is 10.2 Å². The van der Waals surface area contributed by atoms with E-state index in [2.05, 4.69) is 4.90 Å². The van der Waals surface area contributed by atoms with E-state index in [0.29, 0.717) is 5.02 Å². The minimum Gasteiger partial charge on any atom is -0.390 e. The van der Waals surface area contributed by atoms with Crippen LogP contribution in [0.1, 0.15) is 44.8 Å². The number of hydrogen-bond donors (Lipinski definition) is 2. The Hall–Kier alpha value is -0.770. The molecule has 0 aromatic heterocycles. The minimum atomic E-state index is -0.569. The highest BCUT2D eigenvalue weighted by molar-refractivity contribution is 6.33. The molecule has 1 fully saturated rings. The highest BCUT2D eigenvalue weighted by Crippen LogP contribution is 2.32. The molecule has 1 aromatic carbocycles. The Morgan fingerprint density at radius 2 is 2.05 bits per heavy atom. The van der Waals surface area contributed by atoms with Crippen LogP contribution in [0, 0.1) is 0 Å². The first kappa shape index (κ1) is 14.6. The standard InChI is InChI=1S/C15H22ClNO2/c1-11(18)12-4-5-14(13(16)10-12)17-8-3-6-15(2,19)7-9-17/h4-5,10-11,18-19H,3,6-9H2,1-2H3/t11-,15?/m1/s1. The maximum absolute atomic E-state index is 10.1. The normalized spacial score (nSPS) is 26.1. The first-order valence-electron chi connectivity index (χ1n) is 6.84. The quantitative estimate of drug-likeness (QED) is 0.876. The van der Waals surface area contributed by atoms with Crippen molar-refractivity contribution in [2.75, 3.05) is 18.0 Å². The van der Waals surface area contributed by atoms with Crippen LogP contribution in [0.3, 0.4) is 0 Å². The Morgan fingerprint density at radius 3 is 2.68 bits per heavy atom. The zero-order valence-corrected chi connectivity index (χ0v) is 12.3. The Balaban J connectivity index is 2.18. The van der Waals surface area contributed by atoms with Gasteiger partial charge in [0, 0.05) is 13.1 Å². The summed E-state index contributed by atoms with van der Waals surface area (Å²) in [5, 5.41) is 20.3. The number of anilines is 1. The van der Waals surface area contributed by atoms with Gasteiger partial charge in [-0.1, -0.05) is 17.7 Å². The van der Waals surface area contributed by atoms with E-state index >= 15 is 0 Å². The molecule has 1 heterocycles. The summed E-state index contributed by atoms with van der Waals surface area (Å²) in [6, 6.07) is 5.70. The number of nitrogens with zero attached hydrogens (tertiary/aromatic N) is 1. The first-order valence-corrected chi connectivity index (χ1v) is 7.22. The topological polar surface area (TPSA) is 43.7 Å². The number of benzene rings is 1. The van der Waals surface area contributed by atoms with Gasteiger partial charge in [-0.05, 0) is 50.8 Å². The van der Waals surface area contributed by atoms with E-state index in [4.69, 9.17) is 11.6 Å². The van der Waals surface area contributed by atoms with Gasteiger partial charge in [0.2, 0.25) is 0 Å². The number of aliphatic hydroxyl groups is 2. The van der Waals surface area contributed by atoms with Gasteiger partial charge in [0.05, 0.1) is 22.4 Å². The minimum absolute atomic E-state index is 0.503. The molecule has 2 N–H and O–H groups in total. The second-order valence-corrected chi connectivity index (χ2v) is 6.13. The predicted molar refractivity (Wildman–Crippen MR) is 78.8 cm³/mol. The van der Waals surface area contributed by atoms with Crippen molar-refractivity contribution in [1.82, 2.24) is 0 Å². The molecule has 0 spiro atoms. The van der Waals surface area contributed by atoms with Crippen LogP contribution in [0.4, 0.5) is 5.69 Å². The molecule has 1 aromatic rings. The summed E-state index contributed by atoms with van der Waals surface area (Å²) in [5.74, 6) is 0. The molecule has 1 aliphatic rings. The molecular formula is C15H22ClNO2. The zero-order valence-electron chi connectivity index (χ0n) is 11.6. The van der Waals surface area contributed by atoms with Crippen molar-refractivity contribution in [2.24, 2.45) is 0 Å². The average molecular weight is 284 g/mol. The van der Waals surface area contributed by atoms with Gasteiger partial charge in [-0.25, -0.2) is 0 Å². The summed E-state index contributed by atoms with van der Waals surface area (Å²) in [6.07, 6.45) is 2.03. The van der Waals surface area contributed by atoms with Gasteiger partial charge < -0.3 is 15.1 Å². The maximum atomic E-state index is 10.1. The van der Waals surface area contributed by atoms with Crippen LogP contribution in [0.15, 0.2) is 18.2 Å². The summed E-state index contributed by atoms with van der Waals surface area (Å²) < 4.78 is 0. The SMILES string of the molecule is C[C@@H](O)c1ccc(N2CCCC(C)(O)CC2)c(Cl)c1. The zero-order chi connectivity index (χ0) is 14.0. The number of hydrogen-bond acceptors (Lipinski definition) is 3. The van der Waals surface area contributed by atoms with Crippen LogP contribution < -0.4 is 4.90 Å². The van der Waals surface area contributed by atoms with Crippen LogP contribution in [0.25, 0.3) is 0 Å². The molecule has 0 bridgehead atoms. The molecule has 3 nitrogen and oxygen atoms in total. The van der Waals surface area contributed by atoms with Crippen molar-refractivity contribution >= 4 is 17.3 Å². The van der Waals surface area contributed by atoms with Gasteiger partial charge in [0.25, 0.3) is 0 Å². The highest BCUT2D eigenvalue weighted by Gasteiger charge is 2.25. The molecule has 2 atom stereocenters. The lowest BCUT2D eigenvalue weighted by Crippen LogP contribution is -2.28. The second kappa shape index (κ2) is 5.70. The molecule has 19 heavy (non-hydrogen) atoms. The summed E-state index contributed by atoms with van der Waals surface area (Å²) in [6.45, 7) is 5.34. The Labute approximate surface area is 119 Å². The molecule has 0 saturated carbocycles. The Morgan fingerprint density at radius 1 is 1.32 bits per heavy atom. The molecule has 106 valence electrons. The van der Waals surface area contributed by atoms with Gasteiger partial charge in [-0.15, -0.1) is 0 Å². The average Bonchev–Trinajstić information content (AvgIpc) is 2.50. The lowest BCUT2D eigenvalue weighted by atomic mass is 9.98. The smallest absolute Gasteiger partial charge is 0.0762 e. The molecular weight excluding hydrogens is 262 g/mol.